The van der Waals surface area contributed by atoms with E-state index in [2.05, 4.69) is 38.0 Å². The summed E-state index contributed by atoms with van der Waals surface area (Å²) in [6.07, 6.45) is 8.51. The van der Waals surface area contributed by atoms with Crippen LogP contribution in [0, 0.1) is 5.92 Å². The van der Waals surface area contributed by atoms with Crippen molar-refractivity contribution in [1.82, 2.24) is 10.2 Å². The van der Waals surface area contributed by atoms with Crippen LogP contribution in [0.2, 0.25) is 0 Å². The lowest BCUT2D eigenvalue weighted by molar-refractivity contribution is 0.185. The Morgan fingerprint density at radius 3 is 2.41 bits per heavy atom. The number of nitrogens with zero attached hydrogens (tertiary/aromatic N) is 1. The van der Waals surface area contributed by atoms with E-state index in [4.69, 9.17) is 0 Å². The minimum Gasteiger partial charge on any atom is -0.313 e. The van der Waals surface area contributed by atoms with Crippen molar-refractivity contribution in [3.63, 3.8) is 0 Å². The summed E-state index contributed by atoms with van der Waals surface area (Å²) in [5, 5.41) is 3.61. The molecule has 2 nitrogen and oxygen atoms in total. The van der Waals surface area contributed by atoms with Crippen LogP contribution in [0.1, 0.15) is 59.3 Å². The Kier molecular flexibility index (Phi) is 7.14. The van der Waals surface area contributed by atoms with Gasteiger partial charge in [-0.25, -0.2) is 0 Å². The number of hydrogen-bond donors (Lipinski definition) is 1. The topological polar surface area (TPSA) is 15.3 Å². The molecule has 0 radical (unpaired) electrons. The fourth-order valence-electron chi connectivity index (χ4n) is 2.63. The third-order valence-electron chi connectivity index (χ3n) is 4.40. The summed E-state index contributed by atoms with van der Waals surface area (Å²) in [6.45, 7) is 9.28. The summed E-state index contributed by atoms with van der Waals surface area (Å²) in [7, 11) is 2.29. The molecule has 0 aromatic rings. The van der Waals surface area contributed by atoms with Gasteiger partial charge >= 0.3 is 0 Å². The Bertz CT molecular complexity index is 187. The minimum atomic E-state index is 0.653. The predicted molar refractivity (Wildman–Crippen MR) is 76.4 cm³/mol. The molecule has 1 saturated carbocycles. The SMILES string of the molecule is CCC(C)NCC(C)N(C)CC1CCCCC1. The molecule has 1 N–H and O–H groups in total. The first-order valence-electron chi connectivity index (χ1n) is 7.57. The van der Waals surface area contributed by atoms with Crippen LogP contribution >= 0.6 is 0 Å². The standard InChI is InChI=1S/C15H32N2/c1-5-13(2)16-11-14(3)17(4)12-15-9-7-6-8-10-15/h13-16H,5-12H2,1-4H3. The molecule has 1 rings (SSSR count). The van der Waals surface area contributed by atoms with Gasteiger partial charge in [0, 0.05) is 25.2 Å². The predicted octanol–water partition coefficient (Wildman–Crippen LogP) is 3.28. The molecule has 1 fully saturated rings. The third kappa shape index (κ3) is 5.87. The van der Waals surface area contributed by atoms with Gasteiger partial charge in [-0.1, -0.05) is 26.2 Å². The van der Waals surface area contributed by atoms with Crippen molar-refractivity contribution in [3.8, 4) is 0 Å². The van der Waals surface area contributed by atoms with Crippen LogP contribution in [0.15, 0.2) is 0 Å². The molecule has 0 bridgehead atoms. The van der Waals surface area contributed by atoms with Gasteiger partial charge in [-0.3, -0.25) is 0 Å². The number of nitrogens with one attached hydrogen (secondary N) is 1. The van der Waals surface area contributed by atoms with Gasteiger partial charge in [-0.15, -0.1) is 0 Å². The average Bonchev–Trinajstić information content (AvgIpc) is 2.36. The van der Waals surface area contributed by atoms with Crippen molar-refractivity contribution in [1.29, 1.82) is 0 Å². The van der Waals surface area contributed by atoms with Crippen molar-refractivity contribution >= 4 is 0 Å². The molecule has 2 unspecified atom stereocenters. The largest absolute Gasteiger partial charge is 0.313 e. The molecule has 1 aliphatic carbocycles. The zero-order valence-electron chi connectivity index (χ0n) is 12.3. The van der Waals surface area contributed by atoms with Gasteiger partial charge in [-0.05, 0) is 46.1 Å². The Morgan fingerprint density at radius 2 is 1.82 bits per heavy atom. The van der Waals surface area contributed by atoms with E-state index < -0.39 is 0 Å². The van der Waals surface area contributed by atoms with Gasteiger partial charge in [0.1, 0.15) is 0 Å². The van der Waals surface area contributed by atoms with E-state index in [0.717, 1.165) is 12.5 Å². The molecule has 102 valence electrons. The van der Waals surface area contributed by atoms with Gasteiger partial charge in [0.05, 0.1) is 0 Å². The quantitative estimate of drug-likeness (QED) is 0.735. The van der Waals surface area contributed by atoms with E-state index in [9.17, 15) is 0 Å². The molecule has 2 atom stereocenters. The van der Waals surface area contributed by atoms with Gasteiger partial charge in [0.2, 0.25) is 0 Å². The highest BCUT2D eigenvalue weighted by Gasteiger charge is 2.18. The summed E-state index contributed by atoms with van der Waals surface area (Å²) < 4.78 is 0. The first-order chi connectivity index (χ1) is 8.13. The van der Waals surface area contributed by atoms with Gasteiger partial charge in [-0.2, -0.15) is 0 Å². The van der Waals surface area contributed by atoms with E-state index in [-0.39, 0.29) is 0 Å². The Balaban J connectivity index is 2.18. The highest BCUT2D eigenvalue weighted by atomic mass is 15.1. The molecule has 0 amide bonds. The van der Waals surface area contributed by atoms with E-state index in [1.807, 2.05) is 0 Å². The Labute approximate surface area is 108 Å². The summed E-state index contributed by atoms with van der Waals surface area (Å²) in [6, 6.07) is 1.31. The zero-order chi connectivity index (χ0) is 12.7. The second-order valence-corrected chi connectivity index (χ2v) is 6.01. The lowest BCUT2D eigenvalue weighted by Crippen LogP contribution is -2.42. The minimum absolute atomic E-state index is 0.653. The normalized spacial score (nSPS) is 21.7. The maximum Gasteiger partial charge on any atom is 0.0189 e. The summed E-state index contributed by atoms with van der Waals surface area (Å²) in [5.41, 5.74) is 0. The van der Waals surface area contributed by atoms with E-state index in [0.29, 0.717) is 12.1 Å². The van der Waals surface area contributed by atoms with Gasteiger partial charge in [0.25, 0.3) is 0 Å². The van der Waals surface area contributed by atoms with Crippen LogP contribution in [0.3, 0.4) is 0 Å². The van der Waals surface area contributed by atoms with Gasteiger partial charge < -0.3 is 10.2 Å². The maximum absolute atomic E-state index is 3.61. The van der Waals surface area contributed by atoms with Crippen molar-refractivity contribution in [2.45, 2.75) is 71.4 Å². The summed E-state index contributed by atoms with van der Waals surface area (Å²) >= 11 is 0. The second-order valence-electron chi connectivity index (χ2n) is 6.01. The molecular formula is C15H32N2. The summed E-state index contributed by atoms with van der Waals surface area (Å²) in [4.78, 5) is 2.55. The van der Waals surface area contributed by atoms with Crippen LogP contribution in [0.4, 0.5) is 0 Å². The van der Waals surface area contributed by atoms with E-state index in [1.54, 1.807) is 0 Å². The smallest absolute Gasteiger partial charge is 0.0189 e. The first kappa shape index (κ1) is 15.0. The molecular weight excluding hydrogens is 208 g/mol. The number of likely N-dealkylation sites (N-methyl/N-ethyl adjacent to an activating group) is 1. The molecule has 2 heteroatoms. The molecule has 0 saturated heterocycles. The molecule has 17 heavy (non-hydrogen) atoms. The number of hydrogen-bond acceptors (Lipinski definition) is 2. The van der Waals surface area contributed by atoms with E-state index in [1.165, 1.54) is 45.1 Å². The van der Waals surface area contributed by atoms with Crippen LogP contribution in [-0.2, 0) is 0 Å². The fraction of sp³-hybridized carbons (Fsp3) is 1.00. The summed E-state index contributed by atoms with van der Waals surface area (Å²) in [5.74, 6) is 0.958. The van der Waals surface area contributed by atoms with Gasteiger partial charge in [0.15, 0.2) is 0 Å². The molecule has 0 aliphatic heterocycles. The Morgan fingerprint density at radius 1 is 1.18 bits per heavy atom. The first-order valence-corrected chi connectivity index (χ1v) is 7.57. The average molecular weight is 240 g/mol. The lowest BCUT2D eigenvalue weighted by Gasteiger charge is -2.31. The van der Waals surface area contributed by atoms with Crippen molar-refractivity contribution < 1.29 is 0 Å². The molecule has 0 aromatic carbocycles. The second kappa shape index (κ2) is 8.10. The molecule has 0 aromatic heterocycles. The lowest BCUT2D eigenvalue weighted by atomic mass is 9.89. The van der Waals surface area contributed by atoms with Crippen LogP contribution in [-0.4, -0.2) is 37.1 Å². The van der Waals surface area contributed by atoms with Crippen LogP contribution in [0.25, 0.3) is 0 Å². The van der Waals surface area contributed by atoms with Crippen LogP contribution in [0.5, 0.6) is 0 Å². The molecule has 1 aliphatic rings. The molecule has 0 heterocycles. The fourth-order valence-corrected chi connectivity index (χ4v) is 2.63. The zero-order valence-corrected chi connectivity index (χ0v) is 12.3. The van der Waals surface area contributed by atoms with Crippen molar-refractivity contribution in [2.75, 3.05) is 20.1 Å². The highest BCUT2D eigenvalue weighted by Crippen LogP contribution is 2.24. The molecule has 0 spiro atoms. The van der Waals surface area contributed by atoms with Crippen molar-refractivity contribution in [2.24, 2.45) is 5.92 Å². The highest BCUT2D eigenvalue weighted by molar-refractivity contribution is 4.74. The Hall–Kier alpha value is -0.0800. The third-order valence-corrected chi connectivity index (χ3v) is 4.40. The van der Waals surface area contributed by atoms with Crippen LogP contribution < -0.4 is 5.32 Å². The number of rotatable bonds is 7. The monoisotopic (exact) mass is 240 g/mol. The van der Waals surface area contributed by atoms with E-state index >= 15 is 0 Å². The maximum atomic E-state index is 3.61. The van der Waals surface area contributed by atoms with Crippen molar-refractivity contribution in [3.05, 3.63) is 0 Å².